The van der Waals surface area contributed by atoms with E-state index in [4.69, 9.17) is 0 Å². The minimum atomic E-state index is -0.398. The van der Waals surface area contributed by atoms with Crippen LogP contribution >= 0.6 is 0 Å². The number of nitro groups is 1. The van der Waals surface area contributed by atoms with Crippen LogP contribution in [0.3, 0.4) is 0 Å². The van der Waals surface area contributed by atoms with Gasteiger partial charge in [0.25, 0.3) is 5.69 Å². The van der Waals surface area contributed by atoms with E-state index < -0.39 is 4.92 Å². The van der Waals surface area contributed by atoms with E-state index in [0.717, 1.165) is 22.2 Å². The Balaban J connectivity index is 1.84. The van der Waals surface area contributed by atoms with Crippen molar-refractivity contribution < 1.29 is 4.92 Å². The molecule has 0 saturated heterocycles. The lowest BCUT2D eigenvalue weighted by molar-refractivity contribution is -0.384. The molecule has 20 heavy (non-hydrogen) atoms. The number of H-pyrrole nitrogens is 1. The third-order valence-corrected chi connectivity index (χ3v) is 3.11. The zero-order valence-corrected chi connectivity index (χ0v) is 10.6. The van der Waals surface area contributed by atoms with E-state index in [0.29, 0.717) is 0 Å². The molecule has 1 aromatic heterocycles. The normalized spacial score (nSPS) is 11.2. The maximum atomic E-state index is 10.6. The highest BCUT2D eigenvalue weighted by Gasteiger charge is 2.02. The predicted molar refractivity (Wildman–Crippen MR) is 80.3 cm³/mol. The first-order valence-electron chi connectivity index (χ1n) is 6.23. The highest BCUT2D eigenvalue weighted by molar-refractivity contribution is 5.84. The first-order chi connectivity index (χ1) is 9.72. The summed E-state index contributed by atoms with van der Waals surface area (Å²) in [5.74, 6) is 0. The Morgan fingerprint density at radius 2 is 1.75 bits per heavy atom. The maximum absolute atomic E-state index is 10.6. The van der Waals surface area contributed by atoms with Gasteiger partial charge in [0.2, 0.25) is 0 Å². The molecule has 3 rings (SSSR count). The molecule has 0 aliphatic carbocycles. The van der Waals surface area contributed by atoms with E-state index in [1.165, 1.54) is 12.1 Å². The van der Waals surface area contributed by atoms with Gasteiger partial charge in [-0.3, -0.25) is 10.1 Å². The zero-order chi connectivity index (χ0) is 13.9. The minimum Gasteiger partial charge on any atom is -0.355 e. The molecule has 2 aromatic carbocycles. The summed E-state index contributed by atoms with van der Waals surface area (Å²) >= 11 is 0. The van der Waals surface area contributed by atoms with Crippen molar-refractivity contribution in [1.82, 2.24) is 4.98 Å². The Kier molecular flexibility index (Phi) is 3.05. The lowest BCUT2D eigenvalue weighted by Gasteiger charge is -1.93. The van der Waals surface area contributed by atoms with Gasteiger partial charge in [0.15, 0.2) is 0 Å². The average Bonchev–Trinajstić information content (AvgIpc) is 2.88. The molecule has 0 aliphatic heterocycles. The minimum absolute atomic E-state index is 0.104. The Bertz CT molecular complexity index is 753. The molecule has 0 spiro atoms. The summed E-state index contributed by atoms with van der Waals surface area (Å²) in [6, 6.07) is 16.6. The third kappa shape index (κ3) is 2.44. The van der Waals surface area contributed by atoms with E-state index in [2.05, 4.69) is 17.1 Å². The fourth-order valence-electron chi connectivity index (χ4n) is 2.08. The molecule has 0 bridgehead atoms. The average molecular weight is 264 g/mol. The number of nitrogens with one attached hydrogen (secondary N) is 1. The number of hydrogen-bond donors (Lipinski definition) is 1. The summed E-state index contributed by atoms with van der Waals surface area (Å²) in [5, 5.41) is 11.7. The number of hydrogen-bond acceptors (Lipinski definition) is 2. The number of benzene rings is 2. The Morgan fingerprint density at radius 3 is 2.45 bits per heavy atom. The van der Waals surface area contributed by atoms with Crippen molar-refractivity contribution in [2.24, 2.45) is 0 Å². The number of nitro benzene ring substituents is 1. The summed E-state index contributed by atoms with van der Waals surface area (Å²) in [6.45, 7) is 0. The standard InChI is InChI=1S/C16H12N2O2/c19-18(20)15-9-6-12(7-10-15)5-8-14-11-13-3-1-2-4-16(13)17-14/h1-11,17H/b8-5+. The predicted octanol–water partition coefficient (Wildman–Crippen LogP) is 4.25. The van der Waals surface area contributed by atoms with Crippen molar-refractivity contribution in [3.05, 3.63) is 76.0 Å². The number of nitrogens with zero attached hydrogens (tertiary/aromatic N) is 1. The van der Waals surface area contributed by atoms with Crippen LogP contribution in [0.4, 0.5) is 5.69 Å². The molecule has 0 unspecified atom stereocenters. The van der Waals surface area contributed by atoms with Gasteiger partial charge in [0, 0.05) is 23.3 Å². The second kappa shape index (κ2) is 5.01. The van der Waals surface area contributed by atoms with Crippen molar-refractivity contribution in [3.8, 4) is 0 Å². The van der Waals surface area contributed by atoms with Crippen LogP contribution in [0.25, 0.3) is 23.1 Å². The van der Waals surface area contributed by atoms with Crippen LogP contribution in [-0.2, 0) is 0 Å². The van der Waals surface area contributed by atoms with Crippen LogP contribution in [0, 0.1) is 10.1 Å². The number of rotatable bonds is 3. The zero-order valence-electron chi connectivity index (χ0n) is 10.6. The second-order valence-corrected chi connectivity index (χ2v) is 4.49. The van der Waals surface area contributed by atoms with Gasteiger partial charge in [-0.1, -0.05) is 24.3 Å². The molecular weight excluding hydrogens is 252 g/mol. The van der Waals surface area contributed by atoms with E-state index in [1.54, 1.807) is 12.1 Å². The SMILES string of the molecule is O=[N+]([O-])c1ccc(/C=C/c2cc3ccccc3[nH]2)cc1. The molecule has 0 aliphatic rings. The fourth-order valence-corrected chi connectivity index (χ4v) is 2.08. The molecule has 0 atom stereocenters. The van der Waals surface area contributed by atoms with Gasteiger partial charge in [0.05, 0.1) is 4.92 Å². The Hall–Kier alpha value is -2.88. The van der Waals surface area contributed by atoms with Crippen LogP contribution in [0.2, 0.25) is 0 Å². The number of fused-ring (bicyclic) bond motifs is 1. The van der Waals surface area contributed by atoms with E-state index in [1.807, 2.05) is 30.4 Å². The summed E-state index contributed by atoms with van der Waals surface area (Å²) in [7, 11) is 0. The Morgan fingerprint density at radius 1 is 1.00 bits per heavy atom. The van der Waals surface area contributed by atoms with Crippen molar-refractivity contribution in [1.29, 1.82) is 0 Å². The molecule has 3 aromatic rings. The van der Waals surface area contributed by atoms with Crippen molar-refractivity contribution in [2.45, 2.75) is 0 Å². The lowest BCUT2D eigenvalue weighted by atomic mass is 10.2. The summed E-state index contributed by atoms with van der Waals surface area (Å²) in [6.07, 6.45) is 3.88. The summed E-state index contributed by atoms with van der Waals surface area (Å²) in [5.41, 5.74) is 3.13. The van der Waals surface area contributed by atoms with Crippen molar-refractivity contribution in [3.63, 3.8) is 0 Å². The first kappa shape index (κ1) is 12.2. The maximum Gasteiger partial charge on any atom is 0.269 e. The number of aromatic nitrogens is 1. The molecule has 0 amide bonds. The molecule has 0 saturated carbocycles. The van der Waals surface area contributed by atoms with Gasteiger partial charge in [-0.2, -0.15) is 0 Å². The van der Waals surface area contributed by atoms with Gasteiger partial charge in [0.1, 0.15) is 0 Å². The molecule has 1 N–H and O–H groups in total. The summed E-state index contributed by atoms with van der Waals surface area (Å²) in [4.78, 5) is 13.5. The second-order valence-electron chi connectivity index (χ2n) is 4.49. The molecule has 4 nitrogen and oxygen atoms in total. The largest absolute Gasteiger partial charge is 0.355 e. The molecule has 0 fully saturated rings. The highest BCUT2D eigenvalue weighted by Crippen LogP contribution is 2.17. The van der Waals surface area contributed by atoms with Crippen molar-refractivity contribution in [2.75, 3.05) is 0 Å². The van der Waals surface area contributed by atoms with E-state index in [9.17, 15) is 10.1 Å². The van der Waals surface area contributed by atoms with Gasteiger partial charge in [-0.05, 0) is 41.3 Å². The number of aromatic amines is 1. The van der Waals surface area contributed by atoms with E-state index >= 15 is 0 Å². The lowest BCUT2D eigenvalue weighted by Crippen LogP contribution is -1.86. The van der Waals surface area contributed by atoms with Crippen molar-refractivity contribution >= 4 is 28.7 Å². The highest BCUT2D eigenvalue weighted by atomic mass is 16.6. The van der Waals surface area contributed by atoms with Gasteiger partial charge in [-0.15, -0.1) is 0 Å². The van der Waals surface area contributed by atoms with Gasteiger partial charge < -0.3 is 4.98 Å². The third-order valence-electron chi connectivity index (χ3n) is 3.11. The first-order valence-corrected chi connectivity index (χ1v) is 6.23. The monoisotopic (exact) mass is 264 g/mol. The molecular formula is C16H12N2O2. The van der Waals surface area contributed by atoms with Crippen LogP contribution in [0.15, 0.2) is 54.6 Å². The van der Waals surface area contributed by atoms with Gasteiger partial charge in [-0.25, -0.2) is 0 Å². The van der Waals surface area contributed by atoms with Crippen LogP contribution in [0.1, 0.15) is 11.3 Å². The number of para-hydroxylation sites is 1. The van der Waals surface area contributed by atoms with E-state index in [-0.39, 0.29) is 5.69 Å². The smallest absolute Gasteiger partial charge is 0.269 e. The fraction of sp³-hybridized carbons (Fsp3) is 0. The summed E-state index contributed by atoms with van der Waals surface area (Å²) < 4.78 is 0. The van der Waals surface area contributed by atoms with Crippen LogP contribution < -0.4 is 0 Å². The molecule has 0 radical (unpaired) electrons. The molecule has 98 valence electrons. The van der Waals surface area contributed by atoms with Crippen LogP contribution in [0.5, 0.6) is 0 Å². The van der Waals surface area contributed by atoms with Crippen LogP contribution in [-0.4, -0.2) is 9.91 Å². The topological polar surface area (TPSA) is 58.9 Å². The Labute approximate surface area is 115 Å². The molecule has 1 heterocycles. The van der Waals surface area contributed by atoms with Gasteiger partial charge >= 0.3 is 0 Å². The molecule has 4 heteroatoms. The number of non-ortho nitro benzene ring substituents is 1. The quantitative estimate of drug-likeness (QED) is 0.568.